The van der Waals surface area contributed by atoms with E-state index in [9.17, 15) is 4.79 Å². The van der Waals surface area contributed by atoms with Gasteiger partial charge in [-0.15, -0.1) is 11.3 Å². The second-order valence-electron chi connectivity index (χ2n) is 4.68. The lowest BCUT2D eigenvalue weighted by Crippen LogP contribution is -2.07. The smallest absolute Gasteiger partial charge is 0.248 e. The molecule has 0 saturated carbocycles. The van der Waals surface area contributed by atoms with Crippen LogP contribution in [0.3, 0.4) is 0 Å². The SMILES string of the molecule is O=C(/C=C/c1cccs1)Nc1ccc2c(c1)CCC2. The molecule has 96 valence electrons. The van der Waals surface area contributed by atoms with Gasteiger partial charge in [-0.05, 0) is 60.0 Å². The van der Waals surface area contributed by atoms with Gasteiger partial charge in [0, 0.05) is 16.6 Å². The predicted molar refractivity (Wildman–Crippen MR) is 80.4 cm³/mol. The summed E-state index contributed by atoms with van der Waals surface area (Å²) in [4.78, 5) is 12.9. The topological polar surface area (TPSA) is 29.1 Å². The van der Waals surface area contributed by atoms with Crippen LogP contribution in [-0.4, -0.2) is 5.91 Å². The van der Waals surface area contributed by atoms with Gasteiger partial charge in [0.2, 0.25) is 5.91 Å². The summed E-state index contributed by atoms with van der Waals surface area (Å²) in [6.07, 6.45) is 6.95. The molecule has 19 heavy (non-hydrogen) atoms. The molecule has 1 amide bonds. The fourth-order valence-electron chi connectivity index (χ4n) is 2.38. The van der Waals surface area contributed by atoms with Crippen LogP contribution < -0.4 is 5.32 Å². The standard InChI is InChI=1S/C16H15NOS/c18-16(9-8-15-5-2-10-19-15)17-14-7-6-12-3-1-4-13(12)11-14/h2,5-11H,1,3-4H2,(H,17,18)/b9-8+. The largest absolute Gasteiger partial charge is 0.323 e. The Hall–Kier alpha value is -1.87. The number of hydrogen-bond acceptors (Lipinski definition) is 2. The molecule has 0 bridgehead atoms. The van der Waals surface area contributed by atoms with Crippen molar-refractivity contribution >= 4 is 29.0 Å². The fourth-order valence-corrected chi connectivity index (χ4v) is 3.00. The van der Waals surface area contributed by atoms with Crippen molar-refractivity contribution < 1.29 is 4.79 Å². The molecule has 3 rings (SSSR count). The highest BCUT2D eigenvalue weighted by Crippen LogP contribution is 2.24. The minimum atomic E-state index is -0.0775. The molecule has 0 radical (unpaired) electrons. The summed E-state index contributed by atoms with van der Waals surface area (Å²) in [5.41, 5.74) is 3.69. The van der Waals surface area contributed by atoms with Gasteiger partial charge in [0.05, 0.1) is 0 Å². The zero-order chi connectivity index (χ0) is 13.1. The van der Waals surface area contributed by atoms with Gasteiger partial charge in [-0.1, -0.05) is 12.1 Å². The van der Waals surface area contributed by atoms with E-state index in [-0.39, 0.29) is 5.91 Å². The maximum Gasteiger partial charge on any atom is 0.248 e. The first-order chi connectivity index (χ1) is 9.31. The minimum absolute atomic E-state index is 0.0775. The van der Waals surface area contributed by atoms with E-state index in [1.807, 2.05) is 29.7 Å². The summed E-state index contributed by atoms with van der Waals surface area (Å²) in [6.45, 7) is 0. The molecule has 3 heteroatoms. The van der Waals surface area contributed by atoms with Gasteiger partial charge in [-0.2, -0.15) is 0 Å². The Labute approximate surface area is 116 Å². The Morgan fingerprint density at radius 2 is 2.11 bits per heavy atom. The molecule has 1 aliphatic rings. The van der Waals surface area contributed by atoms with Crippen LogP contribution in [0.5, 0.6) is 0 Å². The van der Waals surface area contributed by atoms with E-state index in [0.29, 0.717) is 0 Å². The molecule has 0 saturated heterocycles. The number of fused-ring (bicyclic) bond motifs is 1. The Bertz CT molecular complexity index is 614. The van der Waals surface area contributed by atoms with Crippen LogP contribution >= 0.6 is 11.3 Å². The number of carbonyl (C=O) groups is 1. The van der Waals surface area contributed by atoms with Crippen molar-refractivity contribution in [3.05, 3.63) is 57.8 Å². The molecular formula is C16H15NOS. The van der Waals surface area contributed by atoms with Gasteiger partial charge in [0.15, 0.2) is 0 Å². The molecular weight excluding hydrogens is 254 g/mol. The van der Waals surface area contributed by atoms with Crippen molar-refractivity contribution in [2.75, 3.05) is 5.32 Å². The number of aryl methyl sites for hydroxylation is 2. The van der Waals surface area contributed by atoms with E-state index in [1.54, 1.807) is 17.4 Å². The summed E-state index contributed by atoms with van der Waals surface area (Å²) in [7, 11) is 0. The van der Waals surface area contributed by atoms with Crippen LogP contribution in [0, 0.1) is 0 Å². The fraction of sp³-hybridized carbons (Fsp3) is 0.188. The molecule has 0 atom stereocenters. The predicted octanol–water partition coefficient (Wildman–Crippen LogP) is 3.89. The van der Waals surface area contributed by atoms with Gasteiger partial charge in [-0.25, -0.2) is 0 Å². The molecule has 0 aliphatic heterocycles. The van der Waals surface area contributed by atoms with Gasteiger partial charge in [0.25, 0.3) is 0 Å². The summed E-state index contributed by atoms with van der Waals surface area (Å²) in [5.74, 6) is -0.0775. The summed E-state index contributed by atoms with van der Waals surface area (Å²) in [5, 5.41) is 4.91. The molecule has 0 unspecified atom stereocenters. The van der Waals surface area contributed by atoms with Crippen LogP contribution in [0.1, 0.15) is 22.4 Å². The lowest BCUT2D eigenvalue weighted by molar-refractivity contribution is -0.111. The van der Waals surface area contributed by atoms with E-state index in [0.717, 1.165) is 17.0 Å². The molecule has 1 aliphatic carbocycles. The Kier molecular flexibility index (Phi) is 3.47. The van der Waals surface area contributed by atoms with E-state index >= 15 is 0 Å². The van der Waals surface area contributed by atoms with E-state index < -0.39 is 0 Å². The van der Waals surface area contributed by atoms with Crippen LogP contribution in [-0.2, 0) is 17.6 Å². The molecule has 0 fully saturated rings. The Morgan fingerprint density at radius 1 is 1.21 bits per heavy atom. The third-order valence-electron chi connectivity index (χ3n) is 3.31. The summed E-state index contributed by atoms with van der Waals surface area (Å²) in [6, 6.07) is 10.2. The second kappa shape index (κ2) is 5.41. The minimum Gasteiger partial charge on any atom is -0.323 e. The summed E-state index contributed by atoms with van der Waals surface area (Å²) >= 11 is 1.62. The van der Waals surface area contributed by atoms with Gasteiger partial charge >= 0.3 is 0 Å². The Morgan fingerprint density at radius 3 is 2.95 bits per heavy atom. The average Bonchev–Trinajstić information content (AvgIpc) is 3.07. The first-order valence-electron chi connectivity index (χ1n) is 6.46. The zero-order valence-electron chi connectivity index (χ0n) is 10.6. The third kappa shape index (κ3) is 2.93. The lowest BCUT2D eigenvalue weighted by Gasteiger charge is -2.05. The maximum atomic E-state index is 11.8. The maximum absolute atomic E-state index is 11.8. The highest BCUT2D eigenvalue weighted by molar-refractivity contribution is 7.10. The third-order valence-corrected chi connectivity index (χ3v) is 4.15. The number of nitrogens with one attached hydrogen (secondary N) is 1. The number of anilines is 1. The quantitative estimate of drug-likeness (QED) is 0.842. The monoisotopic (exact) mass is 269 g/mol. The van der Waals surface area contributed by atoms with Crippen LogP contribution in [0.4, 0.5) is 5.69 Å². The lowest BCUT2D eigenvalue weighted by atomic mass is 10.1. The van der Waals surface area contributed by atoms with Crippen LogP contribution in [0.25, 0.3) is 6.08 Å². The normalized spacial score (nSPS) is 13.7. The molecule has 1 aromatic heterocycles. The number of rotatable bonds is 3. The molecule has 2 aromatic rings. The summed E-state index contributed by atoms with van der Waals surface area (Å²) < 4.78 is 0. The number of hydrogen-bond donors (Lipinski definition) is 1. The zero-order valence-corrected chi connectivity index (χ0v) is 11.4. The highest BCUT2D eigenvalue weighted by Gasteiger charge is 2.11. The first kappa shape index (κ1) is 12.2. The van der Waals surface area contributed by atoms with Gasteiger partial charge in [-0.3, -0.25) is 4.79 Å². The number of carbonyl (C=O) groups excluding carboxylic acids is 1. The Balaban J connectivity index is 1.66. The molecule has 1 aromatic carbocycles. The van der Waals surface area contributed by atoms with E-state index in [1.165, 1.54) is 24.0 Å². The molecule has 2 nitrogen and oxygen atoms in total. The van der Waals surface area contributed by atoms with E-state index in [2.05, 4.69) is 17.4 Å². The van der Waals surface area contributed by atoms with Crippen molar-refractivity contribution in [1.82, 2.24) is 0 Å². The molecule has 0 spiro atoms. The van der Waals surface area contributed by atoms with E-state index in [4.69, 9.17) is 0 Å². The van der Waals surface area contributed by atoms with Crippen LogP contribution in [0.2, 0.25) is 0 Å². The highest BCUT2D eigenvalue weighted by atomic mass is 32.1. The molecule has 1 heterocycles. The number of benzene rings is 1. The second-order valence-corrected chi connectivity index (χ2v) is 5.65. The first-order valence-corrected chi connectivity index (χ1v) is 7.33. The molecule has 1 N–H and O–H groups in total. The van der Waals surface area contributed by atoms with Crippen LogP contribution in [0.15, 0.2) is 41.8 Å². The van der Waals surface area contributed by atoms with Crippen molar-refractivity contribution in [3.8, 4) is 0 Å². The van der Waals surface area contributed by atoms with Crippen molar-refractivity contribution in [1.29, 1.82) is 0 Å². The average molecular weight is 269 g/mol. The van der Waals surface area contributed by atoms with Crippen molar-refractivity contribution in [2.45, 2.75) is 19.3 Å². The van der Waals surface area contributed by atoms with Crippen molar-refractivity contribution in [2.24, 2.45) is 0 Å². The van der Waals surface area contributed by atoms with Gasteiger partial charge in [0.1, 0.15) is 0 Å². The van der Waals surface area contributed by atoms with Gasteiger partial charge < -0.3 is 5.32 Å². The number of amides is 1. The number of thiophene rings is 1. The van der Waals surface area contributed by atoms with Crippen molar-refractivity contribution in [3.63, 3.8) is 0 Å².